The number of ether oxygens (including phenoxy) is 2. The molecule has 1 rings (SSSR count). The average molecular weight is 456 g/mol. The van der Waals surface area contributed by atoms with Crippen molar-refractivity contribution < 1.29 is 14.6 Å². The van der Waals surface area contributed by atoms with Crippen LogP contribution in [0.15, 0.2) is 63.5 Å². The summed E-state index contributed by atoms with van der Waals surface area (Å²) in [6, 6.07) is 0. The topological polar surface area (TPSA) is 71.6 Å². The Hall–Kier alpha value is -2.79. The molecule has 182 valence electrons. The van der Waals surface area contributed by atoms with E-state index in [4.69, 9.17) is 9.47 Å². The standard InChI is InChI=1S/C28H41NO4/c1-10-18(2)16-21(5)25(30)22(6)17-20(4)13-11-12-19(3)14-15-24-23(7)26(31)27(32-8)28(29-24)33-9/h10-11,13-14,16-17,22,25,30H,12,15H2,1-9H3,(H,29,31)/b13-11+,18-10+,19-14+,20-17+,21-16+. The van der Waals surface area contributed by atoms with Crippen LogP contribution in [-0.2, 0) is 6.42 Å². The summed E-state index contributed by atoms with van der Waals surface area (Å²) < 4.78 is 10.4. The molecular formula is C28H41NO4. The molecule has 5 nitrogen and oxygen atoms in total. The van der Waals surface area contributed by atoms with Gasteiger partial charge in [-0.3, -0.25) is 4.79 Å². The van der Waals surface area contributed by atoms with Crippen LogP contribution >= 0.6 is 0 Å². The molecule has 1 aromatic rings. The Morgan fingerprint density at radius 3 is 2.36 bits per heavy atom. The van der Waals surface area contributed by atoms with Crippen LogP contribution in [0.5, 0.6) is 11.6 Å². The first kappa shape index (κ1) is 28.2. The number of allylic oxidation sites excluding steroid dienone is 8. The zero-order chi connectivity index (χ0) is 25.1. The van der Waals surface area contributed by atoms with Gasteiger partial charge in [0.05, 0.1) is 20.3 Å². The minimum Gasteiger partial charge on any atom is -0.488 e. The second-order valence-electron chi connectivity index (χ2n) is 8.62. The highest BCUT2D eigenvalue weighted by Gasteiger charge is 2.15. The summed E-state index contributed by atoms with van der Waals surface area (Å²) in [7, 11) is 2.97. The van der Waals surface area contributed by atoms with Crippen molar-refractivity contribution in [3.05, 3.63) is 80.2 Å². The lowest BCUT2D eigenvalue weighted by Gasteiger charge is -2.17. The summed E-state index contributed by atoms with van der Waals surface area (Å²) in [5.41, 5.74) is 5.72. The van der Waals surface area contributed by atoms with E-state index >= 15 is 0 Å². The van der Waals surface area contributed by atoms with Gasteiger partial charge >= 0.3 is 0 Å². The largest absolute Gasteiger partial charge is 0.488 e. The molecular weight excluding hydrogens is 414 g/mol. The molecule has 0 saturated heterocycles. The second-order valence-corrected chi connectivity index (χ2v) is 8.62. The van der Waals surface area contributed by atoms with Gasteiger partial charge in [-0.2, -0.15) is 0 Å². The summed E-state index contributed by atoms with van der Waals surface area (Å²) in [6.45, 7) is 13.9. The second kappa shape index (κ2) is 13.7. The van der Waals surface area contributed by atoms with Gasteiger partial charge in [0, 0.05) is 23.6 Å². The van der Waals surface area contributed by atoms with Crippen LogP contribution < -0.4 is 14.9 Å². The van der Waals surface area contributed by atoms with E-state index in [2.05, 4.69) is 36.2 Å². The van der Waals surface area contributed by atoms with Crippen molar-refractivity contribution in [1.29, 1.82) is 0 Å². The summed E-state index contributed by atoms with van der Waals surface area (Å²) in [4.78, 5) is 15.6. The van der Waals surface area contributed by atoms with E-state index in [0.29, 0.717) is 17.9 Å². The number of methoxy groups -OCH3 is 2. The lowest BCUT2D eigenvalue weighted by atomic mass is 9.95. The number of H-pyrrole nitrogens is 1. The minimum atomic E-state index is -0.503. The van der Waals surface area contributed by atoms with Crippen LogP contribution in [0.4, 0.5) is 0 Å². The number of nitrogens with one attached hydrogen (secondary N) is 1. The fourth-order valence-electron chi connectivity index (χ4n) is 3.53. The molecule has 2 atom stereocenters. The maximum Gasteiger partial charge on any atom is 0.238 e. The van der Waals surface area contributed by atoms with E-state index in [1.54, 1.807) is 6.92 Å². The number of hydrogen-bond donors (Lipinski definition) is 2. The van der Waals surface area contributed by atoms with Gasteiger partial charge in [-0.05, 0) is 53.5 Å². The highest BCUT2D eigenvalue weighted by Crippen LogP contribution is 2.22. The molecule has 0 fully saturated rings. The number of aliphatic hydroxyl groups excluding tert-OH is 1. The van der Waals surface area contributed by atoms with E-state index in [-0.39, 0.29) is 17.1 Å². The Balaban J connectivity index is 2.81. The van der Waals surface area contributed by atoms with Gasteiger partial charge in [0.2, 0.25) is 17.1 Å². The van der Waals surface area contributed by atoms with Crippen molar-refractivity contribution in [2.45, 2.75) is 67.4 Å². The first-order valence-electron chi connectivity index (χ1n) is 11.4. The third-order valence-electron chi connectivity index (χ3n) is 5.75. The number of pyridine rings is 1. The lowest BCUT2D eigenvalue weighted by molar-refractivity contribution is 0.173. The minimum absolute atomic E-state index is 0.0250. The van der Waals surface area contributed by atoms with Crippen molar-refractivity contribution in [3.63, 3.8) is 0 Å². The predicted molar refractivity (Wildman–Crippen MR) is 138 cm³/mol. The van der Waals surface area contributed by atoms with Crippen LogP contribution in [0, 0.1) is 12.8 Å². The summed E-state index contributed by atoms with van der Waals surface area (Å²) in [6.07, 6.45) is 13.4. The van der Waals surface area contributed by atoms with Crippen molar-refractivity contribution in [1.82, 2.24) is 4.98 Å². The third kappa shape index (κ3) is 8.58. The SMILES string of the molecule is C/C=C(C)/C=C(\C)C(O)C(C)/C=C(C)/C=C/C/C(C)=C/Cc1[nH]c(OC)c(OC)c(=O)c1C. The summed E-state index contributed by atoms with van der Waals surface area (Å²) in [5, 5.41) is 10.6. The molecule has 33 heavy (non-hydrogen) atoms. The normalized spacial score (nSPS) is 15.7. The molecule has 0 radical (unpaired) electrons. The van der Waals surface area contributed by atoms with Crippen molar-refractivity contribution in [2.75, 3.05) is 14.2 Å². The fourth-order valence-corrected chi connectivity index (χ4v) is 3.53. The van der Waals surface area contributed by atoms with Gasteiger partial charge in [-0.15, -0.1) is 0 Å². The number of aliphatic hydroxyl groups is 1. The van der Waals surface area contributed by atoms with E-state index in [9.17, 15) is 9.90 Å². The molecule has 0 saturated carbocycles. The quantitative estimate of drug-likeness (QED) is 0.317. The van der Waals surface area contributed by atoms with Gasteiger partial charge in [0.1, 0.15) is 0 Å². The van der Waals surface area contributed by atoms with Crippen molar-refractivity contribution in [2.24, 2.45) is 5.92 Å². The van der Waals surface area contributed by atoms with E-state index in [0.717, 1.165) is 28.8 Å². The van der Waals surface area contributed by atoms with E-state index < -0.39 is 6.10 Å². The number of hydrogen-bond acceptors (Lipinski definition) is 4. The molecule has 0 aliphatic carbocycles. The average Bonchev–Trinajstić information content (AvgIpc) is 2.78. The molecule has 1 heterocycles. The van der Waals surface area contributed by atoms with Crippen LogP contribution in [0.2, 0.25) is 0 Å². The lowest BCUT2D eigenvalue weighted by Crippen LogP contribution is -2.17. The first-order chi connectivity index (χ1) is 15.5. The van der Waals surface area contributed by atoms with Crippen LogP contribution in [0.3, 0.4) is 0 Å². The molecule has 0 amide bonds. The molecule has 0 spiro atoms. The first-order valence-corrected chi connectivity index (χ1v) is 11.4. The Morgan fingerprint density at radius 2 is 1.79 bits per heavy atom. The van der Waals surface area contributed by atoms with Crippen LogP contribution in [0.1, 0.15) is 59.2 Å². The zero-order valence-corrected chi connectivity index (χ0v) is 21.7. The predicted octanol–water partition coefficient (Wildman–Crippen LogP) is 5.99. The van der Waals surface area contributed by atoms with E-state index in [1.807, 2.05) is 46.8 Å². The van der Waals surface area contributed by atoms with E-state index in [1.165, 1.54) is 19.8 Å². The highest BCUT2D eigenvalue weighted by atomic mass is 16.5. The molecule has 0 bridgehead atoms. The van der Waals surface area contributed by atoms with Crippen molar-refractivity contribution >= 4 is 0 Å². The van der Waals surface area contributed by atoms with Crippen LogP contribution in [0.25, 0.3) is 0 Å². The highest BCUT2D eigenvalue weighted by molar-refractivity contribution is 5.40. The molecule has 1 aromatic heterocycles. The smallest absolute Gasteiger partial charge is 0.238 e. The monoisotopic (exact) mass is 455 g/mol. The van der Waals surface area contributed by atoms with Gasteiger partial charge in [0.15, 0.2) is 0 Å². The number of aromatic amines is 1. The van der Waals surface area contributed by atoms with Gasteiger partial charge in [-0.1, -0.05) is 60.1 Å². The fraction of sp³-hybridized carbons (Fsp3) is 0.464. The Kier molecular flexibility index (Phi) is 11.7. The van der Waals surface area contributed by atoms with Gasteiger partial charge < -0.3 is 19.6 Å². The Bertz CT molecular complexity index is 1010. The van der Waals surface area contributed by atoms with Crippen molar-refractivity contribution in [3.8, 4) is 11.6 Å². The van der Waals surface area contributed by atoms with Gasteiger partial charge in [0.25, 0.3) is 0 Å². The number of aromatic nitrogens is 1. The summed E-state index contributed by atoms with van der Waals surface area (Å²) in [5.74, 6) is 0.570. The van der Waals surface area contributed by atoms with Gasteiger partial charge in [-0.25, -0.2) is 0 Å². The molecule has 5 heteroatoms. The molecule has 0 aromatic carbocycles. The summed E-state index contributed by atoms with van der Waals surface area (Å²) >= 11 is 0. The maximum absolute atomic E-state index is 12.5. The molecule has 0 aliphatic heterocycles. The third-order valence-corrected chi connectivity index (χ3v) is 5.75. The molecule has 0 aliphatic rings. The molecule has 2 N–H and O–H groups in total. The molecule has 2 unspecified atom stereocenters. The number of rotatable bonds is 11. The maximum atomic E-state index is 12.5. The zero-order valence-electron chi connectivity index (χ0n) is 21.7. The Labute approximate surface area is 199 Å². The Morgan fingerprint density at radius 1 is 1.12 bits per heavy atom. The van der Waals surface area contributed by atoms with Crippen LogP contribution in [-0.4, -0.2) is 30.4 Å².